The first kappa shape index (κ1) is 65.8. The number of aliphatic carboxylic acids is 1. The third-order valence-corrected chi connectivity index (χ3v) is 14.0. The third-order valence-electron chi connectivity index (χ3n) is 13.3. The summed E-state index contributed by atoms with van der Waals surface area (Å²) in [6.07, 6.45) is 1.66. The molecule has 2 heterocycles. The van der Waals surface area contributed by atoms with Gasteiger partial charge in [0.15, 0.2) is 6.04 Å². The molecule has 83 heavy (non-hydrogen) atoms. The lowest BCUT2D eigenvalue weighted by molar-refractivity contribution is -0.145. The highest BCUT2D eigenvalue weighted by molar-refractivity contribution is 7.80. The molecule has 2 aromatic heterocycles. The molecule has 448 valence electrons. The average molecular weight is 1190 g/mol. The lowest BCUT2D eigenvalue weighted by Gasteiger charge is -2.28. The minimum absolute atomic E-state index is 0.00505. The maximum Gasteiger partial charge on any atom is 0.328 e. The van der Waals surface area contributed by atoms with E-state index in [0.29, 0.717) is 39.7 Å². The molecule has 5 aromatic rings. The van der Waals surface area contributed by atoms with E-state index in [1.807, 2.05) is 0 Å². The SMILES string of the molecule is C[C@@H](O)[C@H](NC(=O)[C@H](CS)NC(=O)[C@@H](NC(=O)[C@H](CCCCN)NC(=O)[C@@H](Cc1c[nH]c2ccccc12)NC(=O)[C@H](Cc1ccc(O)cc1)NC(=O)[C@H](CS)NC(=O)[C@@H](Cc1ccccc1)NC(=O)[C@H](N)Cc1cnc[nH]1)[C@@H](C)O)C(=O)O. The van der Waals surface area contributed by atoms with Crippen LogP contribution in [0.4, 0.5) is 0 Å². The van der Waals surface area contributed by atoms with E-state index in [4.69, 9.17) is 11.5 Å². The fourth-order valence-corrected chi connectivity index (χ4v) is 9.19. The summed E-state index contributed by atoms with van der Waals surface area (Å²) in [6, 6.07) is 8.44. The van der Waals surface area contributed by atoms with Crippen LogP contribution < -0.4 is 54.0 Å². The summed E-state index contributed by atoms with van der Waals surface area (Å²) >= 11 is 8.46. The Balaban J connectivity index is 1.42. The van der Waals surface area contributed by atoms with Gasteiger partial charge in [-0.2, -0.15) is 25.3 Å². The fourth-order valence-electron chi connectivity index (χ4n) is 8.67. The zero-order valence-corrected chi connectivity index (χ0v) is 47.4. The Bertz CT molecular complexity index is 2970. The largest absolute Gasteiger partial charge is 0.508 e. The molecule has 11 atom stereocenters. The second-order valence-electron chi connectivity index (χ2n) is 19.8. The predicted molar refractivity (Wildman–Crippen MR) is 311 cm³/mol. The van der Waals surface area contributed by atoms with E-state index in [1.165, 1.54) is 43.7 Å². The number of amides is 8. The molecule has 0 unspecified atom stereocenters. The molecule has 0 aliphatic heterocycles. The van der Waals surface area contributed by atoms with Crippen molar-refractivity contribution in [3.8, 4) is 5.75 Å². The number of carboxylic acid groups (broad SMARTS) is 1. The van der Waals surface area contributed by atoms with E-state index in [1.54, 1.807) is 60.8 Å². The molecule has 0 aliphatic rings. The summed E-state index contributed by atoms with van der Waals surface area (Å²) in [5.74, 6) is -9.56. The van der Waals surface area contributed by atoms with Gasteiger partial charge in [-0.15, -0.1) is 0 Å². The Morgan fingerprint density at radius 3 is 1.59 bits per heavy atom. The number of unbranched alkanes of at least 4 members (excludes halogenated alkanes) is 1. The monoisotopic (exact) mass is 1190 g/mol. The minimum atomic E-state index is -1.76. The van der Waals surface area contributed by atoms with Crippen LogP contribution in [0.1, 0.15) is 55.5 Å². The number of aliphatic hydroxyl groups is 2. The van der Waals surface area contributed by atoms with E-state index in [-0.39, 0.29) is 62.3 Å². The van der Waals surface area contributed by atoms with Gasteiger partial charge in [-0.25, -0.2) is 9.78 Å². The highest BCUT2D eigenvalue weighted by Gasteiger charge is 2.37. The molecule has 0 fully saturated rings. The summed E-state index contributed by atoms with van der Waals surface area (Å²) < 4.78 is 0. The van der Waals surface area contributed by atoms with Crippen LogP contribution in [0.3, 0.4) is 0 Å². The molecule has 26 nitrogen and oxygen atoms in total. The Kier molecular flexibility index (Phi) is 25.8. The molecule has 0 aliphatic carbocycles. The van der Waals surface area contributed by atoms with Gasteiger partial charge in [0.25, 0.3) is 0 Å². The van der Waals surface area contributed by atoms with Crippen molar-refractivity contribution in [3.63, 3.8) is 0 Å². The summed E-state index contributed by atoms with van der Waals surface area (Å²) in [6.45, 7) is 2.51. The van der Waals surface area contributed by atoms with E-state index in [2.05, 4.69) is 82.7 Å². The van der Waals surface area contributed by atoms with Crippen molar-refractivity contribution in [2.24, 2.45) is 11.5 Å². The molecule has 0 radical (unpaired) electrons. The van der Waals surface area contributed by atoms with Crippen LogP contribution in [0.25, 0.3) is 10.9 Å². The summed E-state index contributed by atoms with van der Waals surface area (Å²) in [4.78, 5) is 134. The number of aromatic nitrogens is 3. The normalized spacial score (nSPS) is 15.2. The van der Waals surface area contributed by atoms with Crippen LogP contribution >= 0.6 is 25.3 Å². The van der Waals surface area contributed by atoms with Crippen LogP contribution in [-0.4, -0.2) is 173 Å². The summed E-state index contributed by atoms with van der Waals surface area (Å²) in [5, 5.41) is 61.2. The number of aromatic hydroxyl groups is 1. The van der Waals surface area contributed by atoms with Gasteiger partial charge in [0, 0.05) is 66.2 Å². The van der Waals surface area contributed by atoms with Crippen molar-refractivity contribution in [3.05, 3.63) is 120 Å². The minimum Gasteiger partial charge on any atom is -0.508 e. The number of hydrogen-bond donors (Lipinski definition) is 18. The number of aromatic amines is 2. The second kappa shape index (κ2) is 32.6. The first-order valence-corrected chi connectivity index (χ1v) is 27.9. The van der Waals surface area contributed by atoms with Gasteiger partial charge in [-0.1, -0.05) is 60.7 Å². The second-order valence-corrected chi connectivity index (χ2v) is 20.6. The number of carboxylic acids is 1. The number of imidazole rings is 1. The Labute approximate surface area is 489 Å². The van der Waals surface area contributed by atoms with Crippen molar-refractivity contribution in [2.75, 3.05) is 18.1 Å². The number of phenolic OH excluding ortho intramolecular Hbond substituents is 1. The zero-order valence-electron chi connectivity index (χ0n) is 45.6. The molecule has 0 saturated carbocycles. The number of nitrogens with two attached hydrogens (primary N) is 2. The average Bonchev–Trinajstić information content (AvgIpc) is 4.26. The van der Waals surface area contributed by atoms with Crippen LogP contribution in [-0.2, 0) is 68.8 Å². The lowest BCUT2D eigenvalue weighted by Crippen LogP contribution is -2.62. The number of carbonyl (C=O) groups is 9. The van der Waals surface area contributed by atoms with Crippen LogP contribution in [0.5, 0.6) is 5.75 Å². The third kappa shape index (κ3) is 20.1. The summed E-state index contributed by atoms with van der Waals surface area (Å²) in [7, 11) is 0. The number of H-pyrrole nitrogens is 2. The number of hydrogen-bond acceptors (Lipinski definition) is 17. The van der Waals surface area contributed by atoms with E-state index in [9.17, 15) is 63.6 Å². The van der Waals surface area contributed by atoms with E-state index >= 15 is 0 Å². The van der Waals surface area contributed by atoms with E-state index in [0.717, 1.165) is 6.92 Å². The number of thiol groups is 2. The van der Waals surface area contributed by atoms with Crippen molar-refractivity contribution in [2.45, 2.75) is 125 Å². The topological polar surface area (TPSA) is 427 Å². The molecule has 0 saturated heterocycles. The van der Waals surface area contributed by atoms with Crippen LogP contribution in [0.15, 0.2) is 97.6 Å². The standard InChI is InChI=1S/C55H73N13O13S2/c1-29(69)45(54(79)66-44(27-83)53(78)68-46(30(2)70)55(80)81)67-48(73)39(14-8-9-19-56)61-51(76)42(22-33-24-59-38-13-7-6-12-36(33)38)64-49(74)41(21-32-15-17-35(71)18-16-32)63-52(77)43(26-82)65-50(75)40(20-31-10-4-3-5-11-31)62-47(72)37(57)23-34-25-58-28-60-34/h3-7,10-13,15-18,24-25,28-30,37,39-46,59,69-71,82-83H,8-9,14,19-23,26-27,56-57H2,1-2H3,(H,58,60)(H,61,76)(H,62,72)(H,63,77)(H,64,74)(H,65,75)(H,66,79)(H,67,73)(H,68,78)(H,80,81)/t29-,30-,37-,39+,40-,41+,42-,43+,44+,45+,46+/m1/s1. The molecular formula is C55H73N13O13S2. The lowest BCUT2D eigenvalue weighted by atomic mass is 10.0. The highest BCUT2D eigenvalue weighted by atomic mass is 32.1. The van der Waals surface area contributed by atoms with Crippen molar-refractivity contribution in [1.29, 1.82) is 0 Å². The van der Waals surface area contributed by atoms with Gasteiger partial charge < -0.3 is 84.4 Å². The first-order chi connectivity index (χ1) is 39.6. The smallest absolute Gasteiger partial charge is 0.328 e. The molecule has 3 aromatic carbocycles. The van der Waals surface area contributed by atoms with E-state index < -0.39 is 120 Å². The molecule has 8 amide bonds. The van der Waals surface area contributed by atoms with Crippen molar-refractivity contribution >= 4 is 89.4 Å². The van der Waals surface area contributed by atoms with Gasteiger partial charge in [0.2, 0.25) is 47.3 Å². The van der Waals surface area contributed by atoms with Gasteiger partial charge in [0.05, 0.1) is 24.6 Å². The number of nitrogens with zero attached hydrogens (tertiary/aromatic N) is 1. The number of aliphatic hydroxyl groups excluding tert-OH is 2. The van der Waals surface area contributed by atoms with Crippen molar-refractivity contribution < 1.29 is 63.6 Å². The van der Waals surface area contributed by atoms with Crippen molar-refractivity contribution in [1.82, 2.24) is 57.5 Å². The highest BCUT2D eigenvalue weighted by Crippen LogP contribution is 2.20. The van der Waals surface area contributed by atoms with Crippen LogP contribution in [0, 0.1) is 0 Å². The van der Waals surface area contributed by atoms with Gasteiger partial charge in [0.1, 0.15) is 48.0 Å². The number of rotatable bonds is 33. The Hall–Kier alpha value is -8.02. The number of para-hydroxylation sites is 1. The van der Waals surface area contributed by atoms with Gasteiger partial charge in [-0.3, -0.25) is 38.4 Å². The molecule has 0 bridgehead atoms. The Morgan fingerprint density at radius 2 is 1.04 bits per heavy atom. The first-order valence-electron chi connectivity index (χ1n) is 26.7. The zero-order chi connectivity index (χ0) is 60.8. The molecule has 0 spiro atoms. The Morgan fingerprint density at radius 1 is 0.554 bits per heavy atom. The number of carbonyl (C=O) groups excluding carboxylic acids is 8. The fraction of sp³-hybridized carbons (Fsp3) is 0.418. The maximum atomic E-state index is 14.8. The quantitative estimate of drug-likeness (QED) is 0.0158. The molecule has 5 rings (SSSR count). The number of benzene rings is 3. The maximum absolute atomic E-state index is 14.8. The molecular weight excluding hydrogens is 1110 g/mol. The predicted octanol–water partition coefficient (Wildman–Crippen LogP) is -2.09. The summed E-state index contributed by atoms with van der Waals surface area (Å²) in [5.41, 5.74) is 15.0. The number of phenols is 1. The number of fused-ring (bicyclic) bond motifs is 1. The number of nitrogens with one attached hydrogen (secondary N) is 10. The van der Waals surface area contributed by atoms with Gasteiger partial charge >= 0.3 is 5.97 Å². The van der Waals surface area contributed by atoms with Gasteiger partial charge in [-0.05, 0) is 74.5 Å². The molecule has 18 N–H and O–H groups in total. The van der Waals surface area contributed by atoms with Crippen LogP contribution in [0.2, 0.25) is 0 Å². The molecule has 28 heteroatoms.